The lowest BCUT2D eigenvalue weighted by molar-refractivity contribution is -0.146. The van der Waals surface area contributed by atoms with Crippen molar-refractivity contribution in [3.05, 3.63) is 30.3 Å². The fourth-order valence-electron chi connectivity index (χ4n) is 4.06. The highest BCUT2D eigenvalue weighted by Crippen LogP contribution is 2.17. The van der Waals surface area contributed by atoms with Crippen LogP contribution in [-0.2, 0) is 19.0 Å². The summed E-state index contributed by atoms with van der Waals surface area (Å²) in [6.45, 7) is 10.1. The van der Waals surface area contributed by atoms with Gasteiger partial charge in [-0.2, -0.15) is 0 Å². The first-order chi connectivity index (χ1) is 16.7. The zero-order valence-corrected chi connectivity index (χ0v) is 21.0. The first kappa shape index (κ1) is 26.6. The smallest absolute Gasteiger partial charge is 0.408 e. The number of carbonyl (C=O) groups is 3. The number of cyclic esters (lactones) is 1. The van der Waals surface area contributed by atoms with E-state index in [4.69, 9.17) is 14.2 Å². The summed E-state index contributed by atoms with van der Waals surface area (Å²) in [5.41, 5.74) is 0.677. The highest BCUT2D eigenvalue weighted by molar-refractivity contribution is 5.71. The summed E-state index contributed by atoms with van der Waals surface area (Å²) in [5, 5.41) is 5.51. The number of para-hydroxylation sites is 1. The third kappa shape index (κ3) is 9.28. The molecule has 10 nitrogen and oxygen atoms in total. The minimum Gasteiger partial charge on any atom is -0.462 e. The van der Waals surface area contributed by atoms with Crippen molar-refractivity contribution in [1.29, 1.82) is 0 Å². The molecule has 2 fully saturated rings. The average molecular weight is 491 g/mol. The molecule has 2 aliphatic heterocycles. The van der Waals surface area contributed by atoms with Crippen LogP contribution >= 0.6 is 0 Å². The predicted octanol–water partition coefficient (Wildman–Crippen LogP) is 2.52. The van der Waals surface area contributed by atoms with Crippen LogP contribution in [0.1, 0.15) is 40.0 Å². The number of ether oxygens (including phenoxy) is 3. The van der Waals surface area contributed by atoms with Crippen LogP contribution in [0, 0.1) is 0 Å². The van der Waals surface area contributed by atoms with E-state index in [1.807, 2.05) is 18.2 Å². The van der Waals surface area contributed by atoms with Crippen molar-refractivity contribution in [2.75, 3.05) is 50.8 Å². The number of hydrogen-bond acceptors (Lipinski definition) is 8. The van der Waals surface area contributed by atoms with Gasteiger partial charge in [0.25, 0.3) is 0 Å². The molecule has 2 N–H and O–H groups in total. The first-order valence-electron chi connectivity index (χ1n) is 12.3. The van der Waals surface area contributed by atoms with E-state index >= 15 is 0 Å². The molecule has 0 spiro atoms. The third-order valence-electron chi connectivity index (χ3n) is 5.84. The molecule has 0 radical (unpaired) electrons. The summed E-state index contributed by atoms with van der Waals surface area (Å²) in [6.07, 6.45) is -0.0167. The molecule has 35 heavy (non-hydrogen) atoms. The van der Waals surface area contributed by atoms with Crippen molar-refractivity contribution < 1.29 is 28.6 Å². The number of nitrogens with zero attached hydrogens (tertiary/aromatic N) is 2. The van der Waals surface area contributed by atoms with Gasteiger partial charge in [0.05, 0.1) is 6.04 Å². The van der Waals surface area contributed by atoms with Crippen molar-refractivity contribution in [3.63, 3.8) is 0 Å². The van der Waals surface area contributed by atoms with Crippen LogP contribution in [0.5, 0.6) is 0 Å². The Bertz CT molecular complexity index is 836. The molecule has 0 unspecified atom stereocenters. The van der Waals surface area contributed by atoms with Gasteiger partial charge < -0.3 is 29.7 Å². The summed E-state index contributed by atoms with van der Waals surface area (Å²) < 4.78 is 15.9. The molecule has 0 saturated carbocycles. The van der Waals surface area contributed by atoms with Gasteiger partial charge in [0, 0.05) is 51.4 Å². The van der Waals surface area contributed by atoms with E-state index < -0.39 is 23.9 Å². The zero-order valence-electron chi connectivity index (χ0n) is 21.0. The molecular weight excluding hydrogens is 452 g/mol. The number of carbonyl (C=O) groups excluding carboxylic acids is 3. The number of rotatable bonds is 10. The number of piperazine rings is 1. The highest BCUT2D eigenvalue weighted by atomic mass is 16.6. The monoisotopic (exact) mass is 490 g/mol. The number of unbranched alkanes of at least 4 members (excludes halogenated alkanes) is 1. The Balaban J connectivity index is 1.31. The number of amides is 2. The quantitative estimate of drug-likeness (QED) is 0.293. The van der Waals surface area contributed by atoms with Gasteiger partial charge in [0.1, 0.15) is 12.2 Å². The van der Waals surface area contributed by atoms with Gasteiger partial charge in [-0.15, -0.1) is 0 Å². The summed E-state index contributed by atoms with van der Waals surface area (Å²) in [6, 6.07) is 10.1. The van der Waals surface area contributed by atoms with Gasteiger partial charge >= 0.3 is 18.2 Å². The standard InChI is InChI=1S/C25H38N4O6/c1-25(2,3)35-23(31)26-12-8-7-11-22(30)33-18-21-20(27-24(32)34-21)17-28-13-15-29(16-14-28)19-9-5-4-6-10-19/h4-6,9-10,20-21H,7-8,11-18H2,1-3H3,(H,26,31)(H,27,32)/t20-,21-/m1/s1. The van der Waals surface area contributed by atoms with Gasteiger partial charge in [0.2, 0.25) is 0 Å². The van der Waals surface area contributed by atoms with Crippen molar-refractivity contribution in [2.24, 2.45) is 0 Å². The van der Waals surface area contributed by atoms with Crippen LogP contribution in [-0.4, -0.2) is 86.7 Å². The van der Waals surface area contributed by atoms with Gasteiger partial charge in [-0.3, -0.25) is 9.69 Å². The van der Waals surface area contributed by atoms with Gasteiger partial charge in [0.15, 0.2) is 6.10 Å². The van der Waals surface area contributed by atoms with E-state index in [2.05, 4.69) is 32.6 Å². The van der Waals surface area contributed by atoms with E-state index in [0.29, 0.717) is 25.9 Å². The lowest BCUT2D eigenvalue weighted by atomic mass is 10.1. The van der Waals surface area contributed by atoms with Crippen molar-refractivity contribution >= 4 is 23.8 Å². The molecule has 2 aliphatic rings. The van der Waals surface area contributed by atoms with E-state index in [-0.39, 0.29) is 25.0 Å². The van der Waals surface area contributed by atoms with E-state index in [1.54, 1.807) is 20.8 Å². The molecule has 2 heterocycles. The Kier molecular flexibility index (Phi) is 9.59. The second-order valence-corrected chi connectivity index (χ2v) is 9.89. The molecule has 2 amide bonds. The van der Waals surface area contributed by atoms with E-state index in [9.17, 15) is 14.4 Å². The zero-order chi connectivity index (χ0) is 25.3. The minimum atomic E-state index is -0.541. The largest absolute Gasteiger partial charge is 0.462 e. The molecule has 2 atom stereocenters. The third-order valence-corrected chi connectivity index (χ3v) is 5.84. The van der Waals surface area contributed by atoms with Crippen LogP contribution in [0.4, 0.5) is 15.3 Å². The van der Waals surface area contributed by atoms with Crippen LogP contribution in [0.3, 0.4) is 0 Å². The second-order valence-electron chi connectivity index (χ2n) is 9.89. The van der Waals surface area contributed by atoms with Crippen LogP contribution in [0.25, 0.3) is 0 Å². The summed E-state index contributed by atoms with van der Waals surface area (Å²) >= 11 is 0. The predicted molar refractivity (Wildman–Crippen MR) is 131 cm³/mol. The lowest BCUT2D eigenvalue weighted by Crippen LogP contribution is -2.52. The molecule has 194 valence electrons. The fraction of sp³-hybridized carbons (Fsp3) is 0.640. The molecule has 0 bridgehead atoms. The average Bonchev–Trinajstić information content (AvgIpc) is 3.16. The first-order valence-corrected chi connectivity index (χ1v) is 12.3. The molecule has 1 aromatic rings. The number of benzene rings is 1. The lowest BCUT2D eigenvalue weighted by Gasteiger charge is -2.37. The SMILES string of the molecule is CC(C)(C)OC(=O)NCCCCC(=O)OC[C@H]1OC(=O)N[C@@H]1CN1CCN(c2ccccc2)CC1. The minimum absolute atomic E-state index is 0.0301. The Morgan fingerprint density at radius 1 is 1.11 bits per heavy atom. The molecule has 3 rings (SSSR count). The maximum Gasteiger partial charge on any atom is 0.408 e. The van der Waals surface area contributed by atoms with Crippen LogP contribution in [0.15, 0.2) is 30.3 Å². The topological polar surface area (TPSA) is 109 Å². The molecule has 10 heteroatoms. The van der Waals surface area contributed by atoms with E-state index in [0.717, 1.165) is 26.2 Å². The van der Waals surface area contributed by atoms with Gasteiger partial charge in [-0.25, -0.2) is 9.59 Å². The summed E-state index contributed by atoms with van der Waals surface area (Å²) in [4.78, 5) is 40.2. The van der Waals surface area contributed by atoms with Crippen molar-refractivity contribution in [2.45, 2.75) is 57.8 Å². The number of esters is 1. The molecule has 1 aromatic carbocycles. The number of anilines is 1. The summed E-state index contributed by atoms with van der Waals surface area (Å²) in [5.74, 6) is -0.347. The number of hydrogen-bond donors (Lipinski definition) is 2. The van der Waals surface area contributed by atoms with E-state index in [1.165, 1.54) is 5.69 Å². The Hall–Kier alpha value is -3.01. The Morgan fingerprint density at radius 2 is 1.83 bits per heavy atom. The highest BCUT2D eigenvalue weighted by Gasteiger charge is 2.36. The molecule has 2 saturated heterocycles. The maximum absolute atomic E-state index is 12.1. The molecule has 0 aliphatic carbocycles. The Morgan fingerprint density at radius 3 is 2.51 bits per heavy atom. The molecular formula is C25H38N4O6. The normalized spacial score (nSPS) is 20.7. The molecule has 0 aromatic heterocycles. The number of alkyl carbamates (subject to hydrolysis) is 2. The van der Waals surface area contributed by atoms with Gasteiger partial charge in [-0.1, -0.05) is 18.2 Å². The van der Waals surface area contributed by atoms with Crippen molar-refractivity contribution in [3.8, 4) is 0 Å². The van der Waals surface area contributed by atoms with Crippen molar-refractivity contribution in [1.82, 2.24) is 15.5 Å². The number of nitrogens with one attached hydrogen (secondary N) is 2. The Labute approximate surface area is 207 Å². The maximum atomic E-state index is 12.1. The summed E-state index contributed by atoms with van der Waals surface area (Å²) in [7, 11) is 0. The van der Waals surface area contributed by atoms with Crippen LogP contribution < -0.4 is 15.5 Å². The van der Waals surface area contributed by atoms with Gasteiger partial charge in [-0.05, 0) is 45.7 Å². The van der Waals surface area contributed by atoms with Crippen LogP contribution in [0.2, 0.25) is 0 Å². The second kappa shape index (κ2) is 12.6. The fourth-order valence-corrected chi connectivity index (χ4v) is 4.06.